The first-order valence-electron chi connectivity index (χ1n) is 9.52. The average Bonchev–Trinajstić information content (AvgIpc) is 2.58. The normalized spacial score (nSPS) is 24.7. The molecule has 2 nitrogen and oxygen atoms in total. The second kappa shape index (κ2) is 8.30. The van der Waals surface area contributed by atoms with Gasteiger partial charge in [0.2, 0.25) is 0 Å². The zero-order valence-corrected chi connectivity index (χ0v) is 15.2. The molecule has 0 aromatic heterocycles. The molecule has 23 heavy (non-hydrogen) atoms. The summed E-state index contributed by atoms with van der Waals surface area (Å²) in [6, 6.07) is 8.91. The minimum Gasteiger partial charge on any atom is -0.394 e. The van der Waals surface area contributed by atoms with E-state index < -0.39 is 5.54 Å². The molecule has 0 spiro atoms. The average molecular weight is 318 g/mol. The van der Waals surface area contributed by atoms with Crippen molar-refractivity contribution in [2.75, 3.05) is 6.61 Å². The van der Waals surface area contributed by atoms with Crippen LogP contribution in [-0.4, -0.2) is 17.3 Å². The highest BCUT2D eigenvalue weighted by Crippen LogP contribution is 2.47. The second-order valence-electron chi connectivity index (χ2n) is 7.70. The summed E-state index contributed by atoms with van der Waals surface area (Å²) in [6.45, 7) is 6.69. The van der Waals surface area contributed by atoms with Crippen LogP contribution in [-0.2, 0) is 6.42 Å². The van der Waals surface area contributed by atoms with Gasteiger partial charge in [0.15, 0.2) is 0 Å². The lowest BCUT2D eigenvalue weighted by molar-refractivity contribution is 0.103. The van der Waals surface area contributed by atoms with E-state index in [9.17, 15) is 5.11 Å². The number of benzene rings is 1. The number of hydrogen-bond donors (Lipinski definition) is 2. The molecule has 1 aromatic carbocycles. The van der Waals surface area contributed by atoms with E-state index in [1.54, 1.807) is 0 Å². The Bertz CT molecular complexity index is 482. The number of aliphatic hydroxyl groups is 1. The highest BCUT2D eigenvalue weighted by Gasteiger charge is 2.42. The van der Waals surface area contributed by atoms with E-state index in [1.165, 1.54) is 43.2 Å². The van der Waals surface area contributed by atoms with Gasteiger partial charge in [-0.3, -0.25) is 0 Å². The van der Waals surface area contributed by atoms with E-state index >= 15 is 0 Å². The van der Waals surface area contributed by atoms with Crippen LogP contribution in [0.25, 0.3) is 0 Å². The molecule has 2 rings (SSSR count). The summed E-state index contributed by atoms with van der Waals surface area (Å²) in [5, 5.41) is 9.86. The van der Waals surface area contributed by atoms with Crippen molar-refractivity contribution in [2.45, 2.75) is 77.2 Å². The van der Waals surface area contributed by atoms with Crippen LogP contribution in [0.1, 0.15) is 76.3 Å². The topological polar surface area (TPSA) is 46.2 Å². The van der Waals surface area contributed by atoms with Gasteiger partial charge in [-0.25, -0.2) is 0 Å². The van der Waals surface area contributed by atoms with Crippen molar-refractivity contribution in [1.29, 1.82) is 0 Å². The molecule has 0 fully saturated rings. The molecule has 0 heterocycles. The van der Waals surface area contributed by atoms with Crippen LogP contribution < -0.4 is 5.73 Å². The Kier molecular flexibility index (Phi) is 6.67. The summed E-state index contributed by atoms with van der Waals surface area (Å²) < 4.78 is 0. The van der Waals surface area contributed by atoms with Gasteiger partial charge < -0.3 is 10.8 Å². The molecule has 1 aromatic rings. The monoisotopic (exact) mass is 317 g/mol. The Hall–Kier alpha value is -0.860. The molecule has 2 heteroatoms. The van der Waals surface area contributed by atoms with Crippen LogP contribution in [0, 0.1) is 11.8 Å². The van der Waals surface area contributed by atoms with E-state index in [4.69, 9.17) is 5.73 Å². The van der Waals surface area contributed by atoms with Gasteiger partial charge in [0.1, 0.15) is 0 Å². The lowest BCUT2D eigenvalue weighted by Crippen LogP contribution is -2.52. The lowest BCUT2D eigenvalue weighted by Gasteiger charge is -2.45. The van der Waals surface area contributed by atoms with Crippen molar-refractivity contribution in [1.82, 2.24) is 0 Å². The highest BCUT2D eigenvalue weighted by molar-refractivity contribution is 5.35. The van der Waals surface area contributed by atoms with Crippen molar-refractivity contribution in [3.63, 3.8) is 0 Å². The fourth-order valence-electron chi connectivity index (χ4n) is 4.53. The second-order valence-corrected chi connectivity index (χ2v) is 7.70. The van der Waals surface area contributed by atoms with Crippen LogP contribution >= 0.6 is 0 Å². The van der Waals surface area contributed by atoms with E-state index in [2.05, 4.69) is 38.1 Å². The number of aliphatic hydroxyl groups excluding tert-OH is 1. The van der Waals surface area contributed by atoms with Crippen LogP contribution in [0.4, 0.5) is 0 Å². The summed E-state index contributed by atoms with van der Waals surface area (Å²) >= 11 is 0. The summed E-state index contributed by atoms with van der Waals surface area (Å²) in [5.41, 5.74) is 9.04. The number of rotatable bonds is 8. The van der Waals surface area contributed by atoms with E-state index in [1.807, 2.05) is 6.92 Å². The van der Waals surface area contributed by atoms with Crippen LogP contribution in [0.15, 0.2) is 24.3 Å². The molecule has 130 valence electrons. The maximum atomic E-state index is 9.86. The van der Waals surface area contributed by atoms with Gasteiger partial charge in [0.05, 0.1) is 6.61 Å². The van der Waals surface area contributed by atoms with Gasteiger partial charge in [-0.15, -0.1) is 0 Å². The fraction of sp³-hybridized carbons (Fsp3) is 0.714. The summed E-state index contributed by atoms with van der Waals surface area (Å²) in [5.74, 6) is 1.53. The Morgan fingerprint density at radius 1 is 1.26 bits per heavy atom. The first-order valence-corrected chi connectivity index (χ1v) is 9.52. The van der Waals surface area contributed by atoms with Crippen molar-refractivity contribution in [2.24, 2.45) is 17.6 Å². The first kappa shape index (κ1) is 18.5. The van der Waals surface area contributed by atoms with Crippen LogP contribution in [0.5, 0.6) is 0 Å². The van der Waals surface area contributed by atoms with E-state index in [0.29, 0.717) is 17.8 Å². The Balaban J connectivity index is 2.33. The van der Waals surface area contributed by atoms with Crippen LogP contribution in [0.2, 0.25) is 0 Å². The number of hydrogen-bond acceptors (Lipinski definition) is 2. The van der Waals surface area contributed by atoms with Gasteiger partial charge in [0, 0.05) is 5.54 Å². The summed E-state index contributed by atoms with van der Waals surface area (Å²) in [6.07, 6.45) is 8.56. The third-order valence-electron chi connectivity index (χ3n) is 5.97. The zero-order chi connectivity index (χ0) is 16.9. The molecule has 1 aliphatic rings. The third kappa shape index (κ3) is 4.16. The van der Waals surface area contributed by atoms with Crippen molar-refractivity contribution in [3.05, 3.63) is 35.4 Å². The fourth-order valence-corrected chi connectivity index (χ4v) is 4.53. The number of fused-ring (bicyclic) bond motifs is 1. The highest BCUT2D eigenvalue weighted by atomic mass is 16.3. The standard InChI is InChI=1S/C21H35NO/c1-4-6-7-10-16(5-2)20-18-12-9-8-11-17(18)13-14-19(20)21(3,22)15-23/h8-9,11-12,16,19-20,23H,4-7,10,13-15,22H2,1-3H3/t16?,19?,20-,21+/m0/s1. The number of aryl methyl sites for hydroxylation is 1. The SMILES string of the molecule is CCCCCC(CC)[C@H]1c2ccccc2CCC1[C@](C)(N)CO. The molecule has 2 unspecified atom stereocenters. The van der Waals surface area contributed by atoms with Gasteiger partial charge >= 0.3 is 0 Å². The number of unbranched alkanes of at least 4 members (excludes halogenated alkanes) is 2. The number of nitrogens with two attached hydrogens (primary N) is 1. The summed E-state index contributed by atoms with van der Waals surface area (Å²) in [4.78, 5) is 0. The molecule has 0 saturated carbocycles. The molecular formula is C21H35NO. The van der Waals surface area contributed by atoms with E-state index in [0.717, 1.165) is 12.8 Å². The van der Waals surface area contributed by atoms with Crippen molar-refractivity contribution in [3.8, 4) is 0 Å². The Morgan fingerprint density at radius 2 is 2.00 bits per heavy atom. The molecule has 4 atom stereocenters. The van der Waals surface area contributed by atoms with Crippen molar-refractivity contribution < 1.29 is 5.11 Å². The Morgan fingerprint density at radius 3 is 2.65 bits per heavy atom. The van der Waals surface area contributed by atoms with Gasteiger partial charge in [-0.1, -0.05) is 63.8 Å². The lowest BCUT2D eigenvalue weighted by atomic mass is 9.62. The molecule has 0 bridgehead atoms. The predicted molar refractivity (Wildman–Crippen MR) is 98.6 cm³/mol. The third-order valence-corrected chi connectivity index (χ3v) is 5.97. The summed E-state index contributed by atoms with van der Waals surface area (Å²) in [7, 11) is 0. The van der Waals surface area contributed by atoms with Gasteiger partial charge in [0.25, 0.3) is 0 Å². The molecular weight excluding hydrogens is 282 g/mol. The maximum absolute atomic E-state index is 9.86. The van der Waals surface area contributed by atoms with E-state index in [-0.39, 0.29) is 6.61 Å². The van der Waals surface area contributed by atoms with Crippen LogP contribution in [0.3, 0.4) is 0 Å². The molecule has 3 N–H and O–H groups in total. The molecule has 0 saturated heterocycles. The molecule has 0 aliphatic heterocycles. The molecule has 1 aliphatic carbocycles. The largest absolute Gasteiger partial charge is 0.394 e. The van der Waals surface area contributed by atoms with Gasteiger partial charge in [-0.05, 0) is 55.1 Å². The smallest absolute Gasteiger partial charge is 0.0611 e. The zero-order valence-electron chi connectivity index (χ0n) is 15.2. The quantitative estimate of drug-likeness (QED) is 0.686. The first-order chi connectivity index (χ1) is 11.0. The Labute approximate surface area is 142 Å². The van der Waals surface area contributed by atoms with Gasteiger partial charge in [-0.2, -0.15) is 0 Å². The minimum absolute atomic E-state index is 0.0712. The van der Waals surface area contributed by atoms with Crippen molar-refractivity contribution >= 4 is 0 Å². The maximum Gasteiger partial charge on any atom is 0.0611 e. The minimum atomic E-state index is -0.490. The molecule has 0 radical (unpaired) electrons. The predicted octanol–water partition coefficient (Wildman–Crippen LogP) is 4.65. The molecule has 0 amide bonds.